The average molecular weight is 302 g/mol. The number of thioether (sulfide) groups is 1. The number of hydrogen-bond donors (Lipinski definition) is 1. The summed E-state index contributed by atoms with van der Waals surface area (Å²) < 4.78 is 12.5. The molecule has 0 amide bonds. The lowest BCUT2D eigenvalue weighted by molar-refractivity contribution is -0.133. The van der Waals surface area contributed by atoms with E-state index in [1.54, 1.807) is 20.4 Å². The highest BCUT2D eigenvalue weighted by atomic mass is 32.2. The number of carbonyl (C=O) groups is 1. The molecule has 0 spiro atoms. The first-order chi connectivity index (χ1) is 9.49. The number of imidazole rings is 1. The van der Waals surface area contributed by atoms with Gasteiger partial charge in [0.1, 0.15) is 0 Å². The Hall–Kier alpha value is -1.05. The van der Waals surface area contributed by atoms with Crippen molar-refractivity contribution in [2.24, 2.45) is 0 Å². The first kappa shape index (κ1) is 17.0. The van der Waals surface area contributed by atoms with E-state index in [9.17, 15) is 4.79 Å². The van der Waals surface area contributed by atoms with Crippen molar-refractivity contribution in [1.29, 1.82) is 0 Å². The van der Waals surface area contributed by atoms with Crippen LogP contribution >= 0.6 is 11.8 Å². The molecule has 1 aromatic heterocycles. The van der Waals surface area contributed by atoms with Crippen LogP contribution < -0.4 is 0 Å². The van der Waals surface area contributed by atoms with Gasteiger partial charge in [0.05, 0.1) is 25.0 Å². The maximum atomic E-state index is 10.7. The Morgan fingerprint density at radius 1 is 1.50 bits per heavy atom. The molecule has 0 bridgehead atoms. The van der Waals surface area contributed by atoms with Crippen LogP contribution in [0.15, 0.2) is 11.4 Å². The van der Waals surface area contributed by atoms with Crippen molar-refractivity contribution in [2.75, 3.05) is 26.6 Å². The van der Waals surface area contributed by atoms with Crippen LogP contribution in [0.5, 0.6) is 0 Å². The van der Waals surface area contributed by atoms with Gasteiger partial charge in [-0.05, 0) is 5.92 Å². The zero-order chi connectivity index (χ0) is 15.1. The van der Waals surface area contributed by atoms with E-state index in [0.29, 0.717) is 24.2 Å². The van der Waals surface area contributed by atoms with Gasteiger partial charge in [-0.2, -0.15) is 0 Å². The number of rotatable bonds is 9. The molecule has 0 aliphatic carbocycles. The first-order valence-electron chi connectivity index (χ1n) is 6.41. The summed E-state index contributed by atoms with van der Waals surface area (Å²) in [6.45, 7) is 5.24. The number of hydrogen-bond acceptors (Lipinski definition) is 5. The summed E-state index contributed by atoms with van der Waals surface area (Å²) in [5.74, 6) is -0.547. The second kappa shape index (κ2) is 8.28. The van der Waals surface area contributed by atoms with Gasteiger partial charge in [0.2, 0.25) is 0 Å². The molecule has 114 valence electrons. The lowest BCUT2D eigenvalue weighted by Gasteiger charge is -2.19. The molecule has 0 aliphatic rings. The molecule has 1 unspecified atom stereocenters. The summed E-state index contributed by atoms with van der Waals surface area (Å²) in [5.41, 5.74) is 1.07. The van der Waals surface area contributed by atoms with Crippen LogP contribution in [0.4, 0.5) is 0 Å². The number of ether oxygens (including phenoxy) is 2. The van der Waals surface area contributed by atoms with E-state index in [1.165, 1.54) is 11.8 Å². The minimum absolute atomic E-state index is 0.00350. The van der Waals surface area contributed by atoms with Crippen molar-refractivity contribution in [1.82, 2.24) is 9.55 Å². The third kappa shape index (κ3) is 4.81. The number of nitrogens with zero attached hydrogens (tertiary/aromatic N) is 2. The second-order valence-electron chi connectivity index (χ2n) is 4.73. The lowest BCUT2D eigenvalue weighted by atomic mass is 10.1. The summed E-state index contributed by atoms with van der Waals surface area (Å²) in [7, 11) is 3.27. The van der Waals surface area contributed by atoms with Gasteiger partial charge in [0.15, 0.2) is 5.16 Å². The highest BCUT2D eigenvalue weighted by Gasteiger charge is 2.18. The van der Waals surface area contributed by atoms with E-state index in [2.05, 4.69) is 18.8 Å². The Kier molecular flexibility index (Phi) is 7.04. The van der Waals surface area contributed by atoms with Crippen molar-refractivity contribution in [3.63, 3.8) is 0 Å². The summed E-state index contributed by atoms with van der Waals surface area (Å²) in [4.78, 5) is 15.0. The van der Waals surface area contributed by atoms with Gasteiger partial charge >= 0.3 is 5.97 Å². The minimum atomic E-state index is -0.851. The number of aromatic nitrogens is 2. The molecule has 1 heterocycles. The largest absolute Gasteiger partial charge is 0.481 e. The van der Waals surface area contributed by atoms with Crippen LogP contribution in [0.3, 0.4) is 0 Å². The van der Waals surface area contributed by atoms with Gasteiger partial charge < -0.3 is 19.1 Å². The van der Waals surface area contributed by atoms with E-state index < -0.39 is 5.97 Å². The molecule has 1 rings (SSSR count). The number of methoxy groups -OCH3 is 2. The third-order valence-electron chi connectivity index (χ3n) is 2.84. The highest BCUT2D eigenvalue weighted by molar-refractivity contribution is 7.99. The molecule has 0 saturated carbocycles. The summed E-state index contributed by atoms with van der Waals surface area (Å²) in [6.07, 6.45) is 1.71. The molecule has 1 aromatic rings. The minimum Gasteiger partial charge on any atom is -0.481 e. The van der Waals surface area contributed by atoms with Gasteiger partial charge in [0, 0.05) is 26.1 Å². The molecular weight excluding hydrogens is 280 g/mol. The van der Waals surface area contributed by atoms with Crippen LogP contribution in [0.1, 0.15) is 25.5 Å². The Balaban J connectivity index is 2.92. The number of carboxylic acids is 1. The van der Waals surface area contributed by atoms with Crippen molar-refractivity contribution < 1.29 is 19.4 Å². The maximum Gasteiger partial charge on any atom is 0.313 e. The molecule has 7 heteroatoms. The van der Waals surface area contributed by atoms with Crippen molar-refractivity contribution >= 4 is 17.7 Å². The summed E-state index contributed by atoms with van der Waals surface area (Å²) in [5, 5.41) is 9.49. The molecule has 6 nitrogen and oxygen atoms in total. The van der Waals surface area contributed by atoms with Crippen molar-refractivity contribution in [3.8, 4) is 0 Å². The van der Waals surface area contributed by atoms with E-state index in [4.69, 9.17) is 14.6 Å². The maximum absolute atomic E-state index is 10.7. The Morgan fingerprint density at radius 2 is 2.20 bits per heavy atom. The third-order valence-corrected chi connectivity index (χ3v) is 3.81. The Morgan fingerprint density at radius 3 is 2.70 bits per heavy atom. The van der Waals surface area contributed by atoms with E-state index in [1.807, 2.05) is 4.57 Å². The smallest absolute Gasteiger partial charge is 0.313 e. The SMILES string of the molecule is COCC(Cn1c(C(C)C)cnc1SCC(=O)O)OC. The molecule has 1 N–H and O–H groups in total. The number of aliphatic carboxylic acids is 1. The standard InChI is InChI=1S/C13H22N2O4S/c1-9(2)11-5-14-13(20-8-12(16)17)15(11)6-10(19-4)7-18-3/h5,9-10H,6-8H2,1-4H3,(H,16,17). The van der Waals surface area contributed by atoms with Crippen LogP contribution in [0, 0.1) is 0 Å². The highest BCUT2D eigenvalue weighted by Crippen LogP contribution is 2.24. The van der Waals surface area contributed by atoms with Gasteiger partial charge in [0.25, 0.3) is 0 Å². The molecule has 0 saturated heterocycles. The fourth-order valence-corrected chi connectivity index (χ4v) is 2.56. The van der Waals surface area contributed by atoms with Crippen molar-refractivity contribution in [2.45, 2.75) is 37.6 Å². The average Bonchev–Trinajstić information content (AvgIpc) is 2.78. The molecule has 0 aromatic carbocycles. The summed E-state index contributed by atoms with van der Waals surface area (Å²) in [6, 6.07) is 0. The molecule has 20 heavy (non-hydrogen) atoms. The predicted octanol–water partition coefficient (Wildman–Crippen LogP) is 1.84. The summed E-state index contributed by atoms with van der Waals surface area (Å²) >= 11 is 1.22. The van der Waals surface area contributed by atoms with Gasteiger partial charge in [-0.3, -0.25) is 4.79 Å². The quantitative estimate of drug-likeness (QED) is 0.702. The Labute approximate surface area is 123 Å². The second-order valence-corrected chi connectivity index (χ2v) is 5.67. The molecule has 0 fully saturated rings. The first-order valence-corrected chi connectivity index (χ1v) is 7.39. The fourth-order valence-electron chi connectivity index (χ4n) is 1.84. The molecule has 1 atom stereocenters. The predicted molar refractivity (Wildman–Crippen MR) is 77.3 cm³/mol. The topological polar surface area (TPSA) is 73.6 Å². The van der Waals surface area contributed by atoms with E-state index in [-0.39, 0.29) is 11.9 Å². The zero-order valence-electron chi connectivity index (χ0n) is 12.3. The lowest BCUT2D eigenvalue weighted by Crippen LogP contribution is -2.25. The van der Waals surface area contributed by atoms with E-state index >= 15 is 0 Å². The van der Waals surface area contributed by atoms with Gasteiger partial charge in [-0.25, -0.2) is 4.98 Å². The van der Waals surface area contributed by atoms with Crippen molar-refractivity contribution in [3.05, 3.63) is 11.9 Å². The van der Waals surface area contributed by atoms with Crippen LogP contribution in [0.25, 0.3) is 0 Å². The monoisotopic (exact) mass is 302 g/mol. The van der Waals surface area contributed by atoms with Crippen LogP contribution in [-0.4, -0.2) is 53.3 Å². The fraction of sp³-hybridized carbons (Fsp3) is 0.692. The van der Waals surface area contributed by atoms with Crippen LogP contribution in [-0.2, 0) is 20.8 Å². The van der Waals surface area contributed by atoms with Gasteiger partial charge in [-0.15, -0.1) is 0 Å². The van der Waals surface area contributed by atoms with Crippen LogP contribution in [0.2, 0.25) is 0 Å². The molecule has 0 radical (unpaired) electrons. The normalized spacial score (nSPS) is 12.8. The zero-order valence-corrected chi connectivity index (χ0v) is 13.1. The molecular formula is C13H22N2O4S. The van der Waals surface area contributed by atoms with E-state index in [0.717, 1.165) is 5.69 Å². The molecule has 0 aliphatic heterocycles. The number of carboxylic acid groups (broad SMARTS) is 1. The Bertz CT molecular complexity index is 434. The van der Waals surface area contributed by atoms with Gasteiger partial charge in [-0.1, -0.05) is 25.6 Å².